The molecule has 34 heavy (non-hydrogen) atoms. The molecule has 0 unspecified atom stereocenters. The van der Waals surface area contributed by atoms with Gasteiger partial charge in [0, 0.05) is 29.5 Å². The monoisotopic (exact) mass is 482 g/mol. The summed E-state index contributed by atoms with van der Waals surface area (Å²) in [6, 6.07) is 12.9. The Balaban J connectivity index is 1.43. The normalized spacial score (nSPS) is 23.7. The Morgan fingerprint density at radius 2 is 1.74 bits per heavy atom. The van der Waals surface area contributed by atoms with Gasteiger partial charge in [-0.15, -0.1) is 5.10 Å². The van der Waals surface area contributed by atoms with Crippen molar-refractivity contribution < 1.29 is 14.3 Å². The Labute approximate surface area is 203 Å². The lowest BCUT2D eigenvalue weighted by molar-refractivity contribution is -0.144. The third kappa shape index (κ3) is 4.72. The highest BCUT2D eigenvalue weighted by Gasteiger charge is 2.41. The van der Waals surface area contributed by atoms with Crippen LogP contribution in [0.15, 0.2) is 54.7 Å². The molecule has 5 rings (SSSR count). The van der Waals surface area contributed by atoms with Crippen LogP contribution in [0.3, 0.4) is 0 Å². The Bertz CT molecular complexity index is 1130. The molecule has 1 amide bonds. The average molecular weight is 483 g/mol. The van der Waals surface area contributed by atoms with Crippen molar-refractivity contribution in [3.05, 3.63) is 71.1 Å². The number of nitrogens with zero attached hydrogens (tertiary/aromatic N) is 4. The second-order valence-corrected chi connectivity index (χ2v) is 9.79. The van der Waals surface area contributed by atoms with Crippen LogP contribution in [-0.2, 0) is 4.79 Å². The second kappa shape index (κ2) is 9.84. The minimum absolute atomic E-state index is 0.0185. The third-order valence-corrected chi connectivity index (χ3v) is 7.40. The first-order valence-electron chi connectivity index (χ1n) is 11.9. The lowest BCUT2D eigenvalue weighted by Crippen LogP contribution is -2.50. The highest BCUT2D eigenvalue weighted by atomic mass is 35.5. The molecule has 1 aliphatic carbocycles. The molecule has 0 radical (unpaired) electrons. The van der Waals surface area contributed by atoms with Crippen LogP contribution in [0.1, 0.15) is 56.2 Å². The second-order valence-electron chi connectivity index (χ2n) is 9.35. The molecule has 1 aliphatic heterocycles. The summed E-state index contributed by atoms with van der Waals surface area (Å²) >= 11 is 6.10. The van der Waals surface area contributed by atoms with Crippen LogP contribution in [0.4, 0.5) is 4.39 Å². The van der Waals surface area contributed by atoms with E-state index >= 15 is 0 Å². The van der Waals surface area contributed by atoms with Gasteiger partial charge in [-0.05, 0) is 54.8 Å². The first-order chi connectivity index (χ1) is 16.5. The number of rotatable bonds is 4. The van der Waals surface area contributed by atoms with Crippen LogP contribution in [0.25, 0.3) is 11.3 Å². The summed E-state index contributed by atoms with van der Waals surface area (Å²) in [7, 11) is 0. The van der Waals surface area contributed by atoms with Crippen molar-refractivity contribution in [3.8, 4) is 11.3 Å². The predicted octanol–water partition coefficient (Wildman–Crippen LogP) is 5.19. The summed E-state index contributed by atoms with van der Waals surface area (Å²) in [6.45, 7) is 0.343. The highest BCUT2D eigenvalue weighted by Crippen LogP contribution is 2.39. The van der Waals surface area contributed by atoms with Crippen molar-refractivity contribution in [1.82, 2.24) is 19.9 Å². The Morgan fingerprint density at radius 1 is 1.03 bits per heavy atom. The van der Waals surface area contributed by atoms with Gasteiger partial charge in [-0.2, -0.15) is 0 Å². The molecular weight excluding hydrogens is 455 g/mol. The number of amides is 1. The fraction of sp³-hybridized carbons (Fsp3) is 0.423. The predicted molar refractivity (Wildman–Crippen MR) is 128 cm³/mol. The van der Waals surface area contributed by atoms with E-state index < -0.39 is 12.1 Å². The van der Waals surface area contributed by atoms with E-state index in [2.05, 4.69) is 10.3 Å². The van der Waals surface area contributed by atoms with Gasteiger partial charge >= 0.3 is 0 Å². The minimum Gasteiger partial charge on any atom is -0.391 e. The van der Waals surface area contributed by atoms with Crippen molar-refractivity contribution in [2.24, 2.45) is 5.92 Å². The largest absolute Gasteiger partial charge is 0.391 e. The van der Waals surface area contributed by atoms with Crippen molar-refractivity contribution >= 4 is 17.5 Å². The Hall–Kier alpha value is -2.77. The van der Waals surface area contributed by atoms with Crippen molar-refractivity contribution in [1.29, 1.82) is 0 Å². The molecule has 8 heteroatoms. The van der Waals surface area contributed by atoms with E-state index in [1.807, 2.05) is 29.2 Å². The number of hydrogen-bond acceptors (Lipinski definition) is 4. The quantitative estimate of drug-likeness (QED) is 0.555. The molecule has 3 aromatic rings. The van der Waals surface area contributed by atoms with Crippen LogP contribution in [-0.4, -0.2) is 43.6 Å². The summed E-state index contributed by atoms with van der Waals surface area (Å²) in [4.78, 5) is 15.6. The van der Waals surface area contributed by atoms with Gasteiger partial charge in [-0.3, -0.25) is 4.79 Å². The van der Waals surface area contributed by atoms with E-state index in [-0.39, 0.29) is 23.7 Å². The molecule has 6 nitrogen and oxygen atoms in total. The zero-order valence-corrected chi connectivity index (χ0v) is 19.6. The van der Waals surface area contributed by atoms with E-state index in [0.29, 0.717) is 23.7 Å². The number of halogens is 2. The van der Waals surface area contributed by atoms with Gasteiger partial charge in [-0.1, -0.05) is 48.2 Å². The molecule has 3 atom stereocenters. The van der Waals surface area contributed by atoms with E-state index in [1.54, 1.807) is 23.0 Å². The van der Waals surface area contributed by atoms with Gasteiger partial charge in [0.2, 0.25) is 5.91 Å². The topological polar surface area (TPSA) is 71.2 Å². The number of carbonyl (C=O) groups excluding carboxylic acids is 1. The number of aliphatic hydroxyl groups excluding tert-OH is 1. The van der Waals surface area contributed by atoms with E-state index in [9.17, 15) is 14.3 Å². The molecule has 2 aliphatic rings. The molecule has 0 bridgehead atoms. The summed E-state index contributed by atoms with van der Waals surface area (Å²) in [6.07, 6.45) is 6.60. The van der Waals surface area contributed by atoms with Gasteiger partial charge in [0.05, 0.1) is 24.4 Å². The summed E-state index contributed by atoms with van der Waals surface area (Å²) in [5.41, 5.74) is 2.31. The first kappa shape index (κ1) is 23.0. The van der Waals surface area contributed by atoms with E-state index in [0.717, 1.165) is 36.8 Å². The molecule has 2 heterocycles. The van der Waals surface area contributed by atoms with Gasteiger partial charge < -0.3 is 10.0 Å². The van der Waals surface area contributed by atoms with Gasteiger partial charge in [0.25, 0.3) is 0 Å². The van der Waals surface area contributed by atoms with E-state index in [1.165, 1.54) is 18.6 Å². The first-order valence-corrected chi connectivity index (χ1v) is 12.3. The third-order valence-electron chi connectivity index (χ3n) is 7.15. The molecule has 1 aromatic heterocycles. The van der Waals surface area contributed by atoms with Gasteiger partial charge in [-0.25, -0.2) is 9.07 Å². The molecule has 1 saturated heterocycles. The van der Waals surface area contributed by atoms with Gasteiger partial charge in [0.1, 0.15) is 11.5 Å². The standard InChI is InChI=1S/C26H28ClFN4O2/c27-20-10-6-18(7-11-20)23-14-25(33)24(16-31(23)26(34)19-4-2-1-3-5-19)32-15-22(29-30-32)17-8-12-21(28)13-9-17/h6-13,15,19,23-25,33H,1-5,14,16H2/t23-,24-,25-/m1/s1. The van der Waals surface area contributed by atoms with E-state index in [4.69, 9.17) is 11.6 Å². The fourth-order valence-electron chi connectivity index (χ4n) is 5.24. The molecule has 0 spiro atoms. The minimum atomic E-state index is -0.709. The van der Waals surface area contributed by atoms with Gasteiger partial charge in [0.15, 0.2) is 0 Å². The number of hydrogen-bond donors (Lipinski definition) is 1. The maximum Gasteiger partial charge on any atom is 0.226 e. The van der Waals surface area contributed by atoms with Crippen LogP contribution >= 0.6 is 11.6 Å². The van der Waals surface area contributed by atoms with Crippen molar-refractivity contribution in [2.45, 2.75) is 56.7 Å². The average Bonchev–Trinajstić information content (AvgIpc) is 3.35. The number of piperidine rings is 1. The summed E-state index contributed by atoms with van der Waals surface area (Å²) in [5.74, 6) is -0.149. The van der Waals surface area contributed by atoms with Crippen molar-refractivity contribution in [3.63, 3.8) is 0 Å². The maximum atomic E-state index is 13.7. The van der Waals surface area contributed by atoms with Crippen LogP contribution in [0.5, 0.6) is 0 Å². The zero-order chi connectivity index (χ0) is 23.7. The number of likely N-dealkylation sites (tertiary alicyclic amines) is 1. The summed E-state index contributed by atoms with van der Waals surface area (Å²) < 4.78 is 14.9. The number of carbonyl (C=O) groups is 1. The Morgan fingerprint density at radius 3 is 2.44 bits per heavy atom. The maximum absolute atomic E-state index is 13.7. The highest BCUT2D eigenvalue weighted by molar-refractivity contribution is 6.30. The Kier molecular flexibility index (Phi) is 6.66. The molecule has 1 saturated carbocycles. The molecule has 2 aromatic carbocycles. The van der Waals surface area contributed by atoms with Crippen LogP contribution in [0.2, 0.25) is 5.02 Å². The SMILES string of the molecule is O=C(C1CCCCC1)N1C[C@@H](n2cc(-c3ccc(F)cc3)nn2)[C@H](O)C[C@@H]1c1ccc(Cl)cc1. The lowest BCUT2D eigenvalue weighted by Gasteiger charge is -2.44. The number of aromatic nitrogens is 3. The number of aliphatic hydroxyl groups is 1. The fourth-order valence-corrected chi connectivity index (χ4v) is 5.37. The zero-order valence-electron chi connectivity index (χ0n) is 18.9. The summed E-state index contributed by atoms with van der Waals surface area (Å²) in [5, 5.41) is 20.3. The van der Waals surface area contributed by atoms with Crippen molar-refractivity contribution in [2.75, 3.05) is 6.54 Å². The molecule has 1 N–H and O–H groups in total. The smallest absolute Gasteiger partial charge is 0.226 e. The molecule has 178 valence electrons. The molecular formula is C26H28ClFN4O2. The lowest BCUT2D eigenvalue weighted by atomic mass is 9.85. The number of benzene rings is 2. The molecule has 2 fully saturated rings. The van der Waals surface area contributed by atoms with Crippen LogP contribution < -0.4 is 0 Å². The van der Waals surface area contributed by atoms with Crippen LogP contribution in [0, 0.1) is 11.7 Å².